The third kappa shape index (κ3) is 4.39. The standard InChI is InChI=1S/C22H25N5O/c1-15(28)27-12-11-21(25-2)20(14-27)22(24)26-19-9-7-18(8-10-19)17-5-3-16(13-23)4-6-17/h3-10,15,25,28H,11-12,14H2,1-2H3,(H2,24,26). The summed E-state index contributed by atoms with van der Waals surface area (Å²) in [4.78, 5) is 6.55. The third-order valence-electron chi connectivity index (χ3n) is 4.98. The van der Waals surface area contributed by atoms with Gasteiger partial charge in [0, 0.05) is 37.8 Å². The second-order valence-corrected chi connectivity index (χ2v) is 6.79. The van der Waals surface area contributed by atoms with Gasteiger partial charge in [0.05, 0.1) is 17.3 Å². The van der Waals surface area contributed by atoms with Crippen molar-refractivity contribution in [2.75, 3.05) is 20.1 Å². The molecule has 144 valence electrons. The highest BCUT2D eigenvalue weighted by Gasteiger charge is 2.23. The smallest absolute Gasteiger partial charge is 0.130 e. The highest BCUT2D eigenvalue weighted by Crippen LogP contribution is 2.24. The number of nitrogens with one attached hydrogen (secondary N) is 1. The number of amidine groups is 1. The van der Waals surface area contributed by atoms with Gasteiger partial charge in [-0.3, -0.25) is 4.90 Å². The number of aliphatic hydroxyl groups is 1. The monoisotopic (exact) mass is 375 g/mol. The highest BCUT2D eigenvalue weighted by molar-refractivity contribution is 5.99. The van der Waals surface area contributed by atoms with Crippen LogP contribution >= 0.6 is 0 Å². The second kappa shape index (κ2) is 8.70. The Labute approximate surface area is 165 Å². The van der Waals surface area contributed by atoms with Crippen LogP contribution in [0.1, 0.15) is 18.9 Å². The lowest BCUT2D eigenvalue weighted by molar-refractivity contribution is 0.0231. The molecule has 0 spiro atoms. The van der Waals surface area contributed by atoms with Crippen molar-refractivity contribution >= 4 is 11.5 Å². The molecule has 1 aliphatic rings. The molecule has 28 heavy (non-hydrogen) atoms. The zero-order valence-electron chi connectivity index (χ0n) is 16.2. The molecule has 1 unspecified atom stereocenters. The van der Waals surface area contributed by atoms with Crippen molar-refractivity contribution in [3.8, 4) is 17.2 Å². The summed E-state index contributed by atoms with van der Waals surface area (Å²) in [6.07, 6.45) is 0.276. The first-order valence-electron chi connectivity index (χ1n) is 9.29. The van der Waals surface area contributed by atoms with Crippen LogP contribution in [0.5, 0.6) is 0 Å². The normalized spacial score (nSPS) is 16.6. The van der Waals surface area contributed by atoms with Crippen LogP contribution in [0.2, 0.25) is 0 Å². The summed E-state index contributed by atoms with van der Waals surface area (Å²) in [6, 6.07) is 17.4. The van der Waals surface area contributed by atoms with E-state index >= 15 is 0 Å². The van der Waals surface area contributed by atoms with E-state index in [1.165, 1.54) is 0 Å². The minimum Gasteiger partial charge on any atom is -0.391 e. The third-order valence-corrected chi connectivity index (χ3v) is 4.98. The molecule has 0 radical (unpaired) electrons. The molecule has 1 aliphatic heterocycles. The number of aliphatic imine (C=N–C) groups is 1. The number of hydrogen-bond acceptors (Lipinski definition) is 5. The Hall–Kier alpha value is -3.14. The molecule has 4 N–H and O–H groups in total. The van der Waals surface area contributed by atoms with Gasteiger partial charge in [-0.15, -0.1) is 0 Å². The fourth-order valence-electron chi connectivity index (χ4n) is 3.29. The first-order chi connectivity index (χ1) is 13.5. The minimum atomic E-state index is -0.520. The van der Waals surface area contributed by atoms with Gasteiger partial charge in [0.2, 0.25) is 0 Å². The number of hydrogen-bond donors (Lipinski definition) is 3. The molecule has 0 bridgehead atoms. The summed E-state index contributed by atoms with van der Waals surface area (Å²) >= 11 is 0. The van der Waals surface area contributed by atoms with Crippen LogP contribution in [0, 0.1) is 11.3 Å². The quantitative estimate of drug-likeness (QED) is 0.551. The lowest BCUT2D eigenvalue weighted by Crippen LogP contribution is -2.42. The minimum absolute atomic E-state index is 0.459. The Balaban J connectivity index is 1.82. The van der Waals surface area contributed by atoms with E-state index in [0.29, 0.717) is 17.9 Å². The Morgan fingerprint density at radius 3 is 2.32 bits per heavy atom. The van der Waals surface area contributed by atoms with Gasteiger partial charge in [0.15, 0.2) is 0 Å². The summed E-state index contributed by atoms with van der Waals surface area (Å²) in [5.74, 6) is 0.459. The number of aliphatic hydroxyl groups excluding tert-OH is 1. The van der Waals surface area contributed by atoms with Gasteiger partial charge in [-0.25, -0.2) is 4.99 Å². The van der Waals surface area contributed by atoms with Crippen molar-refractivity contribution in [1.82, 2.24) is 10.2 Å². The van der Waals surface area contributed by atoms with Crippen molar-refractivity contribution < 1.29 is 5.11 Å². The predicted molar refractivity (Wildman–Crippen MR) is 112 cm³/mol. The van der Waals surface area contributed by atoms with E-state index in [1.54, 1.807) is 6.92 Å². The fourth-order valence-corrected chi connectivity index (χ4v) is 3.29. The SMILES string of the molecule is CNC1=C(C(N)=Nc2ccc(-c3ccc(C#N)cc3)cc2)CN(C(C)O)CC1. The van der Waals surface area contributed by atoms with Crippen LogP contribution in [0.3, 0.4) is 0 Å². The number of nitrogens with two attached hydrogens (primary N) is 1. The van der Waals surface area contributed by atoms with Gasteiger partial charge >= 0.3 is 0 Å². The van der Waals surface area contributed by atoms with E-state index in [4.69, 9.17) is 11.0 Å². The van der Waals surface area contributed by atoms with Crippen molar-refractivity contribution in [3.63, 3.8) is 0 Å². The van der Waals surface area contributed by atoms with Crippen LogP contribution in [0.15, 0.2) is 64.8 Å². The first-order valence-corrected chi connectivity index (χ1v) is 9.29. The molecule has 0 saturated heterocycles. The van der Waals surface area contributed by atoms with Gasteiger partial charge < -0.3 is 16.2 Å². The van der Waals surface area contributed by atoms with Gasteiger partial charge in [0.25, 0.3) is 0 Å². The van der Waals surface area contributed by atoms with Gasteiger partial charge in [-0.1, -0.05) is 24.3 Å². The first kappa shape index (κ1) is 19.6. The molecule has 0 amide bonds. The molecule has 2 aromatic carbocycles. The predicted octanol–water partition coefficient (Wildman–Crippen LogP) is 2.73. The van der Waals surface area contributed by atoms with Crippen LogP contribution in [-0.4, -0.2) is 42.2 Å². The Morgan fingerprint density at radius 1 is 1.18 bits per heavy atom. The van der Waals surface area contributed by atoms with E-state index in [1.807, 2.05) is 60.5 Å². The van der Waals surface area contributed by atoms with Crippen LogP contribution in [-0.2, 0) is 0 Å². The van der Waals surface area contributed by atoms with E-state index in [9.17, 15) is 5.11 Å². The molecule has 0 fully saturated rings. The number of nitriles is 1. The Morgan fingerprint density at radius 2 is 1.79 bits per heavy atom. The maximum absolute atomic E-state index is 9.88. The largest absolute Gasteiger partial charge is 0.391 e. The zero-order valence-corrected chi connectivity index (χ0v) is 16.2. The van der Waals surface area contributed by atoms with Crippen molar-refractivity contribution in [2.45, 2.75) is 19.6 Å². The Kier molecular flexibility index (Phi) is 6.09. The average molecular weight is 375 g/mol. The van der Waals surface area contributed by atoms with E-state index < -0.39 is 6.23 Å². The highest BCUT2D eigenvalue weighted by atomic mass is 16.3. The van der Waals surface area contributed by atoms with Crippen molar-refractivity contribution in [1.29, 1.82) is 5.26 Å². The number of rotatable bonds is 5. The lowest BCUT2D eigenvalue weighted by atomic mass is 10.0. The topological polar surface area (TPSA) is 97.7 Å². The molecular formula is C22H25N5O. The van der Waals surface area contributed by atoms with Gasteiger partial charge in [-0.2, -0.15) is 5.26 Å². The summed E-state index contributed by atoms with van der Waals surface area (Å²) in [5, 5.41) is 22.0. The maximum Gasteiger partial charge on any atom is 0.130 e. The van der Waals surface area contributed by atoms with E-state index in [2.05, 4.69) is 16.4 Å². The lowest BCUT2D eigenvalue weighted by Gasteiger charge is -2.32. The zero-order chi connectivity index (χ0) is 20.1. The Bertz CT molecular complexity index is 921. The summed E-state index contributed by atoms with van der Waals surface area (Å²) in [5.41, 5.74) is 11.8. The average Bonchev–Trinajstić information content (AvgIpc) is 2.73. The van der Waals surface area contributed by atoms with Gasteiger partial charge in [0.1, 0.15) is 12.1 Å². The van der Waals surface area contributed by atoms with Crippen molar-refractivity contribution in [3.05, 3.63) is 65.4 Å². The maximum atomic E-state index is 9.88. The van der Waals surface area contributed by atoms with E-state index in [0.717, 1.165) is 41.1 Å². The molecule has 6 heteroatoms. The molecule has 0 saturated carbocycles. The molecule has 1 atom stereocenters. The summed E-state index contributed by atoms with van der Waals surface area (Å²) < 4.78 is 0. The molecular weight excluding hydrogens is 350 g/mol. The molecule has 0 aromatic heterocycles. The molecule has 3 rings (SSSR count). The molecule has 1 heterocycles. The molecule has 0 aliphatic carbocycles. The van der Waals surface area contributed by atoms with Gasteiger partial charge in [-0.05, 0) is 42.3 Å². The number of nitrogens with zero attached hydrogens (tertiary/aromatic N) is 3. The second-order valence-electron chi connectivity index (χ2n) is 6.79. The molecule has 2 aromatic rings. The van der Waals surface area contributed by atoms with Crippen LogP contribution in [0.25, 0.3) is 11.1 Å². The van der Waals surface area contributed by atoms with E-state index in [-0.39, 0.29) is 0 Å². The van der Waals surface area contributed by atoms with Crippen LogP contribution < -0.4 is 11.1 Å². The number of benzene rings is 2. The molecule has 6 nitrogen and oxygen atoms in total. The van der Waals surface area contributed by atoms with Crippen molar-refractivity contribution in [2.24, 2.45) is 10.7 Å². The summed E-state index contributed by atoms with van der Waals surface area (Å²) in [7, 11) is 1.88. The van der Waals surface area contributed by atoms with Crippen LogP contribution in [0.4, 0.5) is 5.69 Å². The summed E-state index contributed by atoms with van der Waals surface area (Å²) in [6.45, 7) is 3.10. The fraction of sp³-hybridized carbons (Fsp3) is 0.273.